The molecule has 0 unspecified atom stereocenters. The van der Waals surface area contributed by atoms with E-state index in [1.54, 1.807) is 0 Å². The SMILES string of the molecule is C/C=C\C=C(/C)Cn1c2c(c3ccccc31)CN(C)CC2. The first-order chi connectivity index (χ1) is 10.2. The van der Waals surface area contributed by atoms with Crippen molar-refractivity contribution in [2.45, 2.75) is 33.4 Å². The van der Waals surface area contributed by atoms with Crippen molar-refractivity contribution in [1.82, 2.24) is 9.47 Å². The van der Waals surface area contributed by atoms with E-state index in [0.29, 0.717) is 0 Å². The third-order valence-corrected chi connectivity index (χ3v) is 4.33. The number of nitrogens with zero attached hydrogens (tertiary/aromatic N) is 2. The fraction of sp³-hybridized carbons (Fsp3) is 0.368. The van der Waals surface area contributed by atoms with E-state index in [-0.39, 0.29) is 0 Å². The quantitative estimate of drug-likeness (QED) is 0.767. The van der Waals surface area contributed by atoms with Crippen molar-refractivity contribution in [2.75, 3.05) is 13.6 Å². The standard InChI is InChI=1S/C19H24N2/c1-4-5-8-15(2)13-21-18-10-7-6-9-16(18)17-14-20(3)12-11-19(17)21/h4-10H,11-14H2,1-3H3/b5-4-,15-8+. The average molecular weight is 280 g/mol. The summed E-state index contributed by atoms with van der Waals surface area (Å²) >= 11 is 0. The number of allylic oxidation sites excluding steroid dienone is 4. The zero-order valence-corrected chi connectivity index (χ0v) is 13.3. The maximum atomic E-state index is 2.52. The molecule has 0 atom stereocenters. The molecule has 0 amide bonds. The molecule has 0 saturated carbocycles. The van der Waals surface area contributed by atoms with Gasteiger partial charge in [0.05, 0.1) is 0 Å². The van der Waals surface area contributed by atoms with Gasteiger partial charge in [0.1, 0.15) is 0 Å². The molecule has 1 aromatic heterocycles. The van der Waals surface area contributed by atoms with E-state index in [2.05, 4.69) is 72.9 Å². The van der Waals surface area contributed by atoms with E-state index in [1.807, 2.05) is 0 Å². The number of hydrogen-bond donors (Lipinski definition) is 0. The van der Waals surface area contributed by atoms with Crippen molar-refractivity contribution < 1.29 is 0 Å². The molecule has 0 aliphatic carbocycles. The Morgan fingerprint density at radius 2 is 2.10 bits per heavy atom. The molecule has 2 nitrogen and oxygen atoms in total. The van der Waals surface area contributed by atoms with Crippen LogP contribution in [-0.2, 0) is 19.5 Å². The highest BCUT2D eigenvalue weighted by Crippen LogP contribution is 2.31. The van der Waals surface area contributed by atoms with Gasteiger partial charge in [0.2, 0.25) is 0 Å². The molecule has 0 saturated heterocycles. The monoisotopic (exact) mass is 280 g/mol. The Morgan fingerprint density at radius 1 is 1.29 bits per heavy atom. The van der Waals surface area contributed by atoms with Gasteiger partial charge in [-0.1, -0.05) is 42.0 Å². The fourth-order valence-electron chi connectivity index (χ4n) is 3.28. The predicted octanol–water partition coefficient (Wildman–Crippen LogP) is 4.15. The van der Waals surface area contributed by atoms with E-state index < -0.39 is 0 Å². The number of hydrogen-bond acceptors (Lipinski definition) is 1. The van der Waals surface area contributed by atoms with Gasteiger partial charge in [0.15, 0.2) is 0 Å². The van der Waals surface area contributed by atoms with Crippen LogP contribution in [0.5, 0.6) is 0 Å². The van der Waals surface area contributed by atoms with Crippen molar-refractivity contribution in [3.63, 3.8) is 0 Å². The Kier molecular flexibility index (Phi) is 3.98. The Bertz CT molecular complexity index is 704. The second-order valence-corrected chi connectivity index (χ2v) is 6.06. The number of aromatic nitrogens is 1. The van der Waals surface area contributed by atoms with Crippen molar-refractivity contribution in [1.29, 1.82) is 0 Å². The summed E-state index contributed by atoms with van der Waals surface area (Å²) in [5, 5.41) is 1.43. The summed E-state index contributed by atoms with van der Waals surface area (Å²) in [6.45, 7) is 7.49. The molecular formula is C19H24N2. The van der Waals surface area contributed by atoms with Gasteiger partial charge in [-0.25, -0.2) is 0 Å². The van der Waals surface area contributed by atoms with E-state index in [0.717, 1.165) is 26.1 Å². The second-order valence-electron chi connectivity index (χ2n) is 6.06. The van der Waals surface area contributed by atoms with Gasteiger partial charge in [-0.05, 0) is 32.5 Å². The van der Waals surface area contributed by atoms with Gasteiger partial charge >= 0.3 is 0 Å². The van der Waals surface area contributed by atoms with Gasteiger partial charge in [0.25, 0.3) is 0 Å². The molecule has 1 aliphatic heterocycles. The zero-order chi connectivity index (χ0) is 14.8. The Labute approximate surface area is 127 Å². The first-order valence-corrected chi connectivity index (χ1v) is 7.76. The molecule has 2 heteroatoms. The van der Waals surface area contributed by atoms with Gasteiger partial charge < -0.3 is 9.47 Å². The Balaban J connectivity index is 2.09. The molecule has 110 valence electrons. The summed E-state index contributed by atoms with van der Waals surface area (Å²) in [6, 6.07) is 8.84. The lowest BCUT2D eigenvalue weighted by Gasteiger charge is -2.24. The third-order valence-electron chi connectivity index (χ3n) is 4.33. The molecule has 0 N–H and O–H groups in total. The van der Waals surface area contributed by atoms with Crippen LogP contribution in [0.1, 0.15) is 25.1 Å². The van der Waals surface area contributed by atoms with Crippen LogP contribution >= 0.6 is 0 Å². The molecule has 0 fully saturated rings. The summed E-state index contributed by atoms with van der Waals surface area (Å²) in [4.78, 5) is 2.42. The van der Waals surface area contributed by atoms with Crippen LogP contribution in [0, 0.1) is 0 Å². The first-order valence-electron chi connectivity index (χ1n) is 7.76. The highest BCUT2D eigenvalue weighted by Gasteiger charge is 2.21. The van der Waals surface area contributed by atoms with Gasteiger partial charge in [-0.3, -0.25) is 0 Å². The maximum Gasteiger partial charge on any atom is 0.0488 e. The second kappa shape index (κ2) is 5.90. The maximum absolute atomic E-state index is 2.52. The molecule has 1 aliphatic rings. The number of likely N-dealkylation sites (N-methyl/N-ethyl adjacent to an activating group) is 1. The lowest BCUT2D eigenvalue weighted by Crippen LogP contribution is -2.27. The number of para-hydroxylation sites is 1. The lowest BCUT2D eigenvalue weighted by molar-refractivity contribution is 0.310. The zero-order valence-electron chi connectivity index (χ0n) is 13.3. The van der Waals surface area contributed by atoms with Crippen LogP contribution in [0.2, 0.25) is 0 Å². The lowest BCUT2D eigenvalue weighted by atomic mass is 10.1. The van der Waals surface area contributed by atoms with Crippen molar-refractivity contribution >= 4 is 10.9 Å². The normalized spacial score (nSPS) is 16.8. The molecule has 3 rings (SSSR count). The number of rotatable bonds is 3. The largest absolute Gasteiger partial charge is 0.340 e. The van der Waals surface area contributed by atoms with Gasteiger partial charge in [0, 0.05) is 42.7 Å². The minimum absolute atomic E-state index is 0.990. The van der Waals surface area contributed by atoms with Crippen LogP contribution in [0.3, 0.4) is 0 Å². The molecule has 0 radical (unpaired) electrons. The number of fused-ring (bicyclic) bond motifs is 3. The van der Waals surface area contributed by atoms with Crippen LogP contribution in [-0.4, -0.2) is 23.1 Å². The average Bonchev–Trinajstić information content (AvgIpc) is 2.79. The van der Waals surface area contributed by atoms with Crippen molar-refractivity contribution in [3.05, 3.63) is 59.3 Å². The van der Waals surface area contributed by atoms with Crippen molar-refractivity contribution in [2.24, 2.45) is 0 Å². The Hall–Kier alpha value is -1.80. The molecule has 2 heterocycles. The summed E-state index contributed by atoms with van der Waals surface area (Å²) < 4.78 is 2.52. The summed E-state index contributed by atoms with van der Waals surface area (Å²) in [5.74, 6) is 0. The van der Waals surface area contributed by atoms with Crippen LogP contribution < -0.4 is 0 Å². The topological polar surface area (TPSA) is 8.17 Å². The summed E-state index contributed by atoms with van der Waals surface area (Å²) in [6.07, 6.45) is 7.58. The minimum Gasteiger partial charge on any atom is -0.340 e. The van der Waals surface area contributed by atoms with E-state index >= 15 is 0 Å². The van der Waals surface area contributed by atoms with Crippen LogP contribution in [0.15, 0.2) is 48.1 Å². The van der Waals surface area contributed by atoms with Crippen molar-refractivity contribution in [3.8, 4) is 0 Å². The highest BCUT2D eigenvalue weighted by molar-refractivity contribution is 5.86. The number of benzene rings is 1. The molecule has 1 aromatic carbocycles. The summed E-state index contributed by atoms with van der Waals surface area (Å²) in [5.41, 5.74) is 5.84. The summed E-state index contributed by atoms with van der Waals surface area (Å²) in [7, 11) is 2.21. The fourth-order valence-corrected chi connectivity index (χ4v) is 3.28. The highest BCUT2D eigenvalue weighted by atomic mass is 15.1. The minimum atomic E-state index is 0.990. The van der Waals surface area contributed by atoms with E-state index in [9.17, 15) is 0 Å². The molecule has 0 bridgehead atoms. The molecule has 21 heavy (non-hydrogen) atoms. The molecule has 2 aromatic rings. The Morgan fingerprint density at radius 3 is 2.90 bits per heavy atom. The first kappa shape index (κ1) is 14.2. The van der Waals surface area contributed by atoms with Gasteiger partial charge in [-0.2, -0.15) is 0 Å². The smallest absolute Gasteiger partial charge is 0.0488 e. The predicted molar refractivity (Wildman–Crippen MR) is 90.5 cm³/mol. The molecular weight excluding hydrogens is 256 g/mol. The van der Waals surface area contributed by atoms with E-state index in [1.165, 1.54) is 27.7 Å². The van der Waals surface area contributed by atoms with Gasteiger partial charge in [-0.15, -0.1) is 0 Å². The van der Waals surface area contributed by atoms with E-state index in [4.69, 9.17) is 0 Å². The third kappa shape index (κ3) is 2.68. The van der Waals surface area contributed by atoms with Crippen LogP contribution in [0.25, 0.3) is 10.9 Å². The molecule has 0 spiro atoms. The van der Waals surface area contributed by atoms with Crippen LogP contribution in [0.4, 0.5) is 0 Å².